The molecule has 0 spiro atoms. The second kappa shape index (κ2) is 9.13. The Morgan fingerprint density at radius 2 is 2.00 bits per heavy atom. The predicted octanol–water partition coefficient (Wildman–Crippen LogP) is 2.61. The van der Waals surface area contributed by atoms with Crippen molar-refractivity contribution in [2.24, 2.45) is 4.99 Å². The van der Waals surface area contributed by atoms with Crippen molar-refractivity contribution in [2.75, 3.05) is 39.3 Å². The Bertz CT molecular complexity index is 526. The van der Waals surface area contributed by atoms with E-state index in [2.05, 4.69) is 15.2 Å². The molecular weight excluding hydrogens is 344 g/mol. The van der Waals surface area contributed by atoms with E-state index >= 15 is 0 Å². The molecule has 1 unspecified atom stereocenters. The van der Waals surface area contributed by atoms with Crippen LogP contribution in [0.5, 0.6) is 0 Å². The van der Waals surface area contributed by atoms with Crippen molar-refractivity contribution < 1.29 is 14.3 Å². The van der Waals surface area contributed by atoms with Crippen molar-refractivity contribution in [3.63, 3.8) is 0 Å². The van der Waals surface area contributed by atoms with Gasteiger partial charge >= 0.3 is 6.09 Å². The maximum atomic E-state index is 12.3. The zero-order chi connectivity index (χ0) is 19.3. The maximum Gasteiger partial charge on any atom is 0.410 e. The number of ether oxygens (including phenoxy) is 2. The summed E-state index contributed by atoms with van der Waals surface area (Å²) in [5.41, 5.74) is -0.452. The van der Waals surface area contributed by atoms with Gasteiger partial charge in [-0.25, -0.2) is 4.79 Å². The second-order valence-corrected chi connectivity index (χ2v) is 8.85. The van der Waals surface area contributed by atoms with E-state index in [0.717, 1.165) is 38.6 Å². The molecule has 7 heteroatoms. The van der Waals surface area contributed by atoms with E-state index in [0.29, 0.717) is 19.2 Å². The van der Waals surface area contributed by atoms with Crippen LogP contribution in [0.25, 0.3) is 0 Å². The van der Waals surface area contributed by atoms with Gasteiger partial charge in [0.05, 0.1) is 18.7 Å². The molecule has 1 saturated carbocycles. The van der Waals surface area contributed by atoms with Gasteiger partial charge in [-0.05, 0) is 40.0 Å². The number of nitrogens with one attached hydrogen (secondary N) is 1. The SMILES string of the molecule is CC(C)(C)OC(=O)N1CCN2C(NCCCOC3CCCCC3)=NCC2C1. The number of hydrogen-bond acceptors (Lipinski definition) is 6. The van der Waals surface area contributed by atoms with Gasteiger partial charge in [0.2, 0.25) is 0 Å². The van der Waals surface area contributed by atoms with Crippen molar-refractivity contribution >= 4 is 12.1 Å². The number of amides is 1. The lowest BCUT2D eigenvalue weighted by atomic mass is 9.98. The highest BCUT2D eigenvalue weighted by Crippen LogP contribution is 2.20. The normalized spacial score (nSPS) is 23.8. The van der Waals surface area contributed by atoms with Crippen LogP contribution in [-0.2, 0) is 9.47 Å². The topological polar surface area (TPSA) is 66.4 Å². The molecule has 1 amide bonds. The fourth-order valence-corrected chi connectivity index (χ4v) is 3.98. The standard InChI is InChI=1S/C20H36N4O3/c1-20(2,3)27-19(25)23-11-12-24-16(15-23)14-22-18(24)21-10-7-13-26-17-8-5-4-6-9-17/h16-17H,4-15H2,1-3H3,(H,21,22). The van der Waals surface area contributed by atoms with Crippen LogP contribution in [0.2, 0.25) is 0 Å². The number of carbonyl (C=O) groups is 1. The molecule has 2 fully saturated rings. The van der Waals surface area contributed by atoms with Crippen molar-refractivity contribution in [2.45, 2.75) is 77.0 Å². The van der Waals surface area contributed by atoms with Gasteiger partial charge in [0.1, 0.15) is 5.60 Å². The Morgan fingerprint density at radius 1 is 1.22 bits per heavy atom. The summed E-state index contributed by atoms with van der Waals surface area (Å²) >= 11 is 0. The highest BCUT2D eigenvalue weighted by atomic mass is 16.6. The smallest absolute Gasteiger partial charge is 0.410 e. The summed E-state index contributed by atoms with van der Waals surface area (Å²) in [5, 5.41) is 3.46. The lowest BCUT2D eigenvalue weighted by Gasteiger charge is -2.39. The largest absolute Gasteiger partial charge is 0.444 e. The third-order valence-corrected chi connectivity index (χ3v) is 5.37. The summed E-state index contributed by atoms with van der Waals surface area (Å²) in [6.45, 7) is 10.3. The molecule has 0 bridgehead atoms. The Morgan fingerprint density at radius 3 is 2.74 bits per heavy atom. The van der Waals surface area contributed by atoms with Crippen LogP contribution in [0.15, 0.2) is 4.99 Å². The fourth-order valence-electron chi connectivity index (χ4n) is 3.98. The van der Waals surface area contributed by atoms with Crippen molar-refractivity contribution in [3.8, 4) is 0 Å². The van der Waals surface area contributed by atoms with Crippen molar-refractivity contribution in [3.05, 3.63) is 0 Å². The molecular formula is C20H36N4O3. The summed E-state index contributed by atoms with van der Waals surface area (Å²) in [4.78, 5) is 21.0. The minimum atomic E-state index is -0.452. The molecule has 1 aliphatic carbocycles. The van der Waals surface area contributed by atoms with E-state index in [1.807, 2.05) is 25.7 Å². The molecule has 1 saturated heterocycles. The number of rotatable bonds is 5. The van der Waals surface area contributed by atoms with Gasteiger partial charge < -0.3 is 24.6 Å². The molecule has 2 aliphatic heterocycles. The highest BCUT2D eigenvalue weighted by Gasteiger charge is 2.36. The van der Waals surface area contributed by atoms with Crippen LogP contribution >= 0.6 is 0 Å². The van der Waals surface area contributed by atoms with Gasteiger partial charge in [-0.15, -0.1) is 0 Å². The molecule has 0 aromatic rings. The van der Waals surface area contributed by atoms with E-state index in [-0.39, 0.29) is 12.1 Å². The maximum absolute atomic E-state index is 12.3. The first kappa shape index (κ1) is 20.2. The zero-order valence-corrected chi connectivity index (χ0v) is 17.2. The summed E-state index contributed by atoms with van der Waals surface area (Å²) < 4.78 is 11.5. The number of aliphatic imine (C=N–C) groups is 1. The van der Waals surface area contributed by atoms with Gasteiger partial charge in [0, 0.05) is 32.8 Å². The van der Waals surface area contributed by atoms with E-state index in [1.54, 1.807) is 0 Å². The van der Waals surface area contributed by atoms with E-state index in [1.165, 1.54) is 32.1 Å². The average Bonchev–Trinajstić information content (AvgIpc) is 3.03. The number of guanidine groups is 1. The molecule has 0 aromatic carbocycles. The Hall–Kier alpha value is -1.50. The quantitative estimate of drug-likeness (QED) is 0.743. The highest BCUT2D eigenvalue weighted by molar-refractivity contribution is 5.82. The predicted molar refractivity (Wildman–Crippen MR) is 106 cm³/mol. The van der Waals surface area contributed by atoms with Gasteiger partial charge in [0.25, 0.3) is 0 Å². The molecule has 154 valence electrons. The zero-order valence-electron chi connectivity index (χ0n) is 17.2. The summed E-state index contributed by atoms with van der Waals surface area (Å²) in [6.07, 6.45) is 7.71. The fraction of sp³-hybridized carbons (Fsp3) is 0.900. The van der Waals surface area contributed by atoms with Crippen LogP contribution in [-0.4, -0.2) is 78.9 Å². The number of nitrogens with zero attached hydrogens (tertiary/aromatic N) is 3. The minimum Gasteiger partial charge on any atom is -0.444 e. The molecule has 7 nitrogen and oxygen atoms in total. The number of carbonyl (C=O) groups excluding carboxylic acids is 1. The second-order valence-electron chi connectivity index (χ2n) is 8.85. The molecule has 0 aromatic heterocycles. The molecule has 1 N–H and O–H groups in total. The molecule has 1 atom stereocenters. The molecule has 3 aliphatic rings. The van der Waals surface area contributed by atoms with Crippen LogP contribution in [0, 0.1) is 0 Å². The van der Waals surface area contributed by atoms with E-state index in [9.17, 15) is 4.79 Å². The van der Waals surface area contributed by atoms with Crippen LogP contribution in [0.1, 0.15) is 59.3 Å². The number of hydrogen-bond donors (Lipinski definition) is 1. The summed E-state index contributed by atoms with van der Waals surface area (Å²) in [6, 6.07) is 0.257. The average molecular weight is 381 g/mol. The lowest BCUT2D eigenvalue weighted by molar-refractivity contribution is 0.0136. The van der Waals surface area contributed by atoms with Crippen LogP contribution in [0.3, 0.4) is 0 Å². The number of fused-ring (bicyclic) bond motifs is 1. The van der Waals surface area contributed by atoms with Crippen molar-refractivity contribution in [1.82, 2.24) is 15.1 Å². The minimum absolute atomic E-state index is 0.219. The summed E-state index contributed by atoms with van der Waals surface area (Å²) in [5.74, 6) is 0.974. The van der Waals surface area contributed by atoms with E-state index < -0.39 is 5.60 Å². The van der Waals surface area contributed by atoms with Gasteiger partial charge in [-0.2, -0.15) is 0 Å². The third-order valence-electron chi connectivity index (χ3n) is 5.37. The van der Waals surface area contributed by atoms with Crippen LogP contribution < -0.4 is 5.32 Å². The lowest BCUT2D eigenvalue weighted by Crippen LogP contribution is -2.57. The van der Waals surface area contributed by atoms with Gasteiger partial charge in [-0.3, -0.25) is 4.99 Å². The third kappa shape index (κ3) is 5.99. The number of piperazine rings is 1. The first-order valence-electron chi connectivity index (χ1n) is 10.6. The monoisotopic (exact) mass is 380 g/mol. The summed E-state index contributed by atoms with van der Waals surface area (Å²) in [7, 11) is 0. The first-order chi connectivity index (χ1) is 12.9. The van der Waals surface area contributed by atoms with E-state index in [4.69, 9.17) is 9.47 Å². The molecule has 27 heavy (non-hydrogen) atoms. The van der Waals surface area contributed by atoms with Gasteiger partial charge in [-0.1, -0.05) is 19.3 Å². The molecule has 2 heterocycles. The Labute approximate surface area is 163 Å². The van der Waals surface area contributed by atoms with Crippen molar-refractivity contribution in [1.29, 1.82) is 0 Å². The molecule has 3 rings (SSSR count). The Balaban J connectivity index is 1.33. The van der Waals surface area contributed by atoms with Crippen LogP contribution in [0.4, 0.5) is 4.79 Å². The molecule has 0 radical (unpaired) electrons. The first-order valence-corrected chi connectivity index (χ1v) is 10.6. The Kier molecular flexibility index (Phi) is 6.84. The van der Waals surface area contributed by atoms with Gasteiger partial charge in [0.15, 0.2) is 5.96 Å².